The largest absolute Gasteiger partial charge is 0.382 e. The van der Waals surface area contributed by atoms with Crippen molar-refractivity contribution in [3.05, 3.63) is 53.0 Å². The molecule has 186 valence electrons. The maximum absolute atomic E-state index is 13.0. The second-order valence-corrected chi connectivity index (χ2v) is 11.9. The van der Waals surface area contributed by atoms with E-state index in [4.69, 9.17) is 10.9 Å². The van der Waals surface area contributed by atoms with Gasteiger partial charge in [-0.1, -0.05) is 24.3 Å². The van der Waals surface area contributed by atoms with Gasteiger partial charge in [0.15, 0.2) is 5.82 Å². The number of pyridine rings is 1. The zero-order valence-corrected chi connectivity index (χ0v) is 21.3. The number of nitrogen functional groups attached to an aromatic ring is 1. The van der Waals surface area contributed by atoms with Crippen molar-refractivity contribution in [2.24, 2.45) is 5.14 Å². The summed E-state index contributed by atoms with van der Waals surface area (Å²) < 4.78 is 27.1. The van der Waals surface area contributed by atoms with Crippen LogP contribution in [0.2, 0.25) is 0 Å². The third-order valence-electron chi connectivity index (χ3n) is 7.62. The lowest BCUT2D eigenvalue weighted by Crippen LogP contribution is -2.42. The summed E-state index contributed by atoms with van der Waals surface area (Å²) in [6, 6.07) is 5.85. The van der Waals surface area contributed by atoms with Crippen molar-refractivity contribution in [1.29, 1.82) is 0 Å². The molecule has 2 aliphatic rings. The first-order valence-electron chi connectivity index (χ1n) is 12.3. The maximum Gasteiger partial charge on any atom is 0.219 e. The van der Waals surface area contributed by atoms with Crippen LogP contribution in [-0.4, -0.2) is 37.0 Å². The van der Waals surface area contributed by atoms with Crippen molar-refractivity contribution < 1.29 is 8.42 Å². The number of fused-ring (bicyclic) bond motifs is 4. The predicted octanol–water partition coefficient (Wildman–Crippen LogP) is 3.73. The van der Waals surface area contributed by atoms with Crippen LogP contribution in [0.5, 0.6) is 0 Å². The summed E-state index contributed by atoms with van der Waals surface area (Å²) in [5, 5.41) is 5.92. The number of nitrogens with two attached hydrogens (primary N) is 2. The molecule has 1 aromatic carbocycles. The van der Waals surface area contributed by atoms with Crippen molar-refractivity contribution in [2.45, 2.75) is 62.7 Å². The van der Waals surface area contributed by atoms with E-state index < -0.39 is 14.8 Å². The summed E-state index contributed by atoms with van der Waals surface area (Å²) in [5.74, 6) is 0.495. The van der Waals surface area contributed by atoms with Gasteiger partial charge >= 0.3 is 0 Å². The van der Waals surface area contributed by atoms with Gasteiger partial charge in [0.1, 0.15) is 10.3 Å². The van der Waals surface area contributed by atoms with E-state index in [0.29, 0.717) is 18.7 Å². The summed E-state index contributed by atoms with van der Waals surface area (Å²) in [4.78, 5) is 11.2. The predicted molar refractivity (Wildman–Crippen MR) is 142 cm³/mol. The van der Waals surface area contributed by atoms with Crippen LogP contribution in [0.4, 0.5) is 11.5 Å². The van der Waals surface area contributed by atoms with Crippen LogP contribution in [0.1, 0.15) is 60.9 Å². The minimum atomic E-state index is -3.84. The van der Waals surface area contributed by atoms with E-state index in [0.717, 1.165) is 78.6 Å². The van der Waals surface area contributed by atoms with Gasteiger partial charge in [-0.05, 0) is 68.6 Å². The highest BCUT2D eigenvalue weighted by Gasteiger charge is 2.45. The lowest BCUT2D eigenvalue weighted by molar-refractivity contribution is 0.461. The molecule has 0 fully saturated rings. The molecule has 8 nitrogen and oxygen atoms in total. The average molecular weight is 495 g/mol. The molecule has 2 aliphatic carbocycles. The molecule has 0 radical (unpaired) electrons. The molecule has 2 aromatic heterocycles. The number of benzene rings is 1. The molecule has 0 saturated carbocycles. The highest BCUT2D eigenvalue weighted by molar-refractivity contribution is 7.90. The van der Waals surface area contributed by atoms with E-state index >= 15 is 0 Å². The minimum Gasteiger partial charge on any atom is -0.382 e. The van der Waals surface area contributed by atoms with Crippen molar-refractivity contribution in [1.82, 2.24) is 14.5 Å². The summed E-state index contributed by atoms with van der Waals surface area (Å²) in [5.41, 5.74) is 13.2. The fourth-order valence-corrected chi connectivity index (χ4v) is 7.10. The second-order valence-electron chi connectivity index (χ2n) is 10.0. The van der Waals surface area contributed by atoms with E-state index in [2.05, 4.69) is 14.5 Å². The van der Waals surface area contributed by atoms with Gasteiger partial charge in [-0.3, -0.25) is 0 Å². The highest BCUT2D eigenvalue weighted by Crippen LogP contribution is 2.45. The molecule has 3 aromatic rings. The fraction of sp³-hybridized carbons (Fsp3) is 0.462. The van der Waals surface area contributed by atoms with E-state index in [9.17, 15) is 8.42 Å². The number of hydrogen-bond donors (Lipinski definition) is 2. The Morgan fingerprint density at radius 1 is 1.17 bits per heavy atom. The first-order chi connectivity index (χ1) is 16.7. The number of allylic oxidation sites excluding steroid dienone is 1. The first-order valence-corrected chi connectivity index (χ1v) is 13.9. The number of hydrogen-bond acceptors (Lipinski definition) is 6. The molecule has 5 rings (SSSR count). The molecule has 1 unspecified atom stereocenters. The molecule has 35 heavy (non-hydrogen) atoms. The molecule has 9 heteroatoms. The summed E-state index contributed by atoms with van der Waals surface area (Å²) in [6.07, 6.45) is 12.4. The Bertz CT molecular complexity index is 1410. The summed E-state index contributed by atoms with van der Waals surface area (Å²) in [6.45, 7) is 0.744. The number of unbranched alkanes of at least 4 members (excludes halogenated alkanes) is 1. The van der Waals surface area contributed by atoms with Crippen molar-refractivity contribution in [2.75, 3.05) is 24.7 Å². The maximum atomic E-state index is 13.0. The molecule has 2 heterocycles. The number of imidazole rings is 1. The zero-order chi connectivity index (χ0) is 24.8. The van der Waals surface area contributed by atoms with E-state index in [1.54, 1.807) is 0 Å². The van der Waals surface area contributed by atoms with Gasteiger partial charge in [-0.15, -0.1) is 0 Å². The van der Waals surface area contributed by atoms with Gasteiger partial charge in [0.05, 0.1) is 11.8 Å². The summed E-state index contributed by atoms with van der Waals surface area (Å²) >= 11 is 0. The molecular formula is C26H34N6O2S. The van der Waals surface area contributed by atoms with Crippen LogP contribution in [0.25, 0.3) is 17.1 Å². The average Bonchev–Trinajstić information content (AvgIpc) is 3.25. The van der Waals surface area contributed by atoms with E-state index in [1.165, 1.54) is 5.56 Å². The van der Waals surface area contributed by atoms with Crippen LogP contribution in [0, 0.1) is 0 Å². The number of aromatic nitrogens is 3. The molecule has 0 bridgehead atoms. The van der Waals surface area contributed by atoms with Crippen LogP contribution >= 0.6 is 0 Å². The highest BCUT2D eigenvalue weighted by atomic mass is 32.2. The molecule has 0 aliphatic heterocycles. The van der Waals surface area contributed by atoms with Gasteiger partial charge in [0.2, 0.25) is 10.0 Å². The Morgan fingerprint density at radius 2 is 1.97 bits per heavy atom. The Balaban J connectivity index is 1.40. The number of nitrogens with zero attached hydrogens (tertiary/aromatic N) is 4. The molecule has 4 N–H and O–H groups in total. The lowest BCUT2D eigenvalue weighted by atomic mass is 9.82. The smallest absolute Gasteiger partial charge is 0.219 e. The number of aryl methyl sites for hydroxylation is 3. The van der Waals surface area contributed by atoms with E-state index in [1.807, 2.05) is 55.7 Å². The molecular weight excluding hydrogens is 460 g/mol. The number of rotatable bonds is 7. The quantitative estimate of drug-likeness (QED) is 0.483. The van der Waals surface area contributed by atoms with E-state index in [-0.39, 0.29) is 0 Å². The summed E-state index contributed by atoms with van der Waals surface area (Å²) in [7, 11) is 0.0871. The van der Waals surface area contributed by atoms with Gasteiger partial charge in [-0.2, -0.15) is 0 Å². The SMILES string of the molecule is CN(C)c1cccc2c1C=CCC2(CCCCn1cnc2c(N)nc3c(c21)CCCC3)S(N)(=O)=O. The third-order valence-corrected chi connectivity index (χ3v) is 9.30. The lowest BCUT2D eigenvalue weighted by Gasteiger charge is -2.36. The van der Waals surface area contributed by atoms with Crippen LogP contribution in [0.15, 0.2) is 30.6 Å². The van der Waals surface area contributed by atoms with Crippen LogP contribution in [0.3, 0.4) is 0 Å². The molecule has 0 amide bonds. The standard InChI is InChI=1S/C26H34N6O2S/c1-31(2)22-13-7-11-20-18(22)10-8-15-26(20,35(28,33)34)14-5-6-16-32-17-29-23-24(32)19-9-3-4-12-21(19)30-25(23)27/h7-8,10-11,13,17H,3-6,9,12,14-16H2,1-2H3,(H2,27,30)(H2,28,33,34). The Morgan fingerprint density at radius 3 is 2.74 bits per heavy atom. The number of sulfonamides is 1. The third kappa shape index (κ3) is 4.00. The van der Waals surface area contributed by atoms with Crippen molar-refractivity contribution in [3.8, 4) is 0 Å². The normalized spacial score (nSPS) is 19.5. The Kier molecular flexibility index (Phi) is 6.09. The van der Waals surface area contributed by atoms with Gasteiger partial charge < -0.3 is 15.2 Å². The second kappa shape index (κ2) is 8.95. The number of anilines is 2. The molecule has 0 saturated heterocycles. The first kappa shape index (κ1) is 23.8. The minimum absolute atomic E-state index is 0.388. The van der Waals surface area contributed by atoms with Gasteiger partial charge in [-0.25, -0.2) is 23.5 Å². The topological polar surface area (TPSA) is 120 Å². The Hall–Kier alpha value is -2.91. The van der Waals surface area contributed by atoms with Gasteiger partial charge in [0, 0.05) is 37.6 Å². The van der Waals surface area contributed by atoms with Crippen molar-refractivity contribution in [3.63, 3.8) is 0 Å². The molecule has 1 atom stereocenters. The Labute approximate surface area is 207 Å². The number of primary sulfonamides is 1. The molecule has 0 spiro atoms. The van der Waals surface area contributed by atoms with Gasteiger partial charge in [0.25, 0.3) is 0 Å². The monoisotopic (exact) mass is 494 g/mol. The van der Waals surface area contributed by atoms with Crippen LogP contribution < -0.4 is 15.8 Å². The van der Waals surface area contributed by atoms with Crippen LogP contribution in [-0.2, 0) is 34.2 Å². The zero-order valence-electron chi connectivity index (χ0n) is 20.5. The fourth-order valence-electron chi connectivity index (χ4n) is 5.86. The van der Waals surface area contributed by atoms with Crippen molar-refractivity contribution >= 4 is 38.6 Å².